The largest absolute Gasteiger partial charge is 0.496 e. The first kappa shape index (κ1) is 23.2. The molecule has 1 aromatic carbocycles. The number of nitrogens with one attached hydrogen (secondary N) is 3. The van der Waals surface area contributed by atoms with Gasteiger partial charge < -0.3 is 24.6 Å². The summed E-state index contributed by atoms with van der Waals surface area (Å²) in [6.07, 6.45) is 0.803. The van der Waals surface area contributed by atoms with Gasteiger partial charge in [0, 0.05) is 5.56 Å². The third kappa shape index (κ3) is 6.72. The van der Waals surface area contributed by atoms with Crippen LogP contribution in [0.2, 0.25) is 0 Å². The van der Waals surface area contributed by atoms with E-state index in [0.717, 1.165) is 44.9 Å². The molecule has 1 aliphatic rings. The van der Waals surface area contributed by atoms with E-state index in [0.29, 0.717) is 6.54 Å². The molecule has 0 saturated carbocycles. The molecule has 1 fully saturated rings. The lowest BCUT2D eigenvalue weighted by Gasteiger charge is -2.30. The summed E-state index contributed by atoms with van der Waals surface area (Å²) in [4.78, 5) is 27.2. The quantitative estimate of drug-likeness (QED) is 0.459. The highest BCUT2D eigenvalue weighted by Gasteiger charge is 2.30. The number of quaternary nitrogens is 2. The van der Waals surface area contributed by atoms with E-state index in [-0.39, 0.29) is 17.8 Å². The molecule has 0 bridgehead atoms. The maximum Gasteiger partial charge on any atom is 0.328 e. The summed E-state index contributed by atoms with van der Waals surface area (Å²) in [7, 11) is 3.07. The number of rotatable bonds is 9. The Balaban J connectivity index is 1.84. The van der Waals surface area contributed by atoms with Crippen molar-refractivity contribution >= 4 is 11.9 Å². The van der Waals surface area contributed by atoms with E-state index in [2.05, 4.69) is 24.4 Å². The Morgan fingerprint density at radius 2 is 1.79 bits per heavy atom. The zero-order valence-electron chi connectivity index (χ0n) is 18.5. The Hall–Kier alpha value is -2.12. The summed E-state index contributed by atoms with van der Waals surface area (Å²) in [6.45, 7) is 11.3. The Kier molecular flexibility index (Phi) is 8.92. The van der Waals surface area contributed by atoms with Crippen LogP contribution in [0.3, 0.4) is 0 Å². The summed E-state index contributed by atoms with van der Waals surface area (Å²) in [5.41, 5.74) is 2.47. The molecule has 29 heavy (non-hydrogen) atoms. The maximum absolute atomic E-state index is 12.5. The first-order valence-electron chi connectivity index (χ1n) is 10.6. The van der Waals surface area contributed by atoms with Gasteiger partial charge >= 0.3 is 5.97 Å². The van der Waals surface area contributed by atoms with E-state index in [9.17, 15) is 9.59 Å². The van der Waals surface area contributed by atoms with E-state index < -0.39 is 6.04 Å². The third-order valence-electron chi connectivity index (χ3n) is 5.94. The molecule has 0 unspecified atom stereocenters. The zero-order chi connectivity index (χ0) is 21.4. The Bertz CT molecular complexity index is 687. The van der Waals surface area contributed by atoms with E-state index >= 15 is 0 Å². The number of hydrogen-bond acceptors (Lipinski definition) is 4. The van der Waals surface area contributed by atoms with Crippen LogP contribution in [0.5, 0.6) is 5.75 Å². The Morgan fingerprint density at radius 1 is 1.14 bits per heavy atom. The Morgan fingerprint density at radius 3 is 2.38 bits per heavy atom. The van der Waals surface area contributed by atoms with Crippen LogP contribution in [0.15, 0.2) is 18.2 Å². The summed E-state index contributed by atoms with van der Waals surface area (Å²) >= 11 is 0. The molecule has 1 aliphatic heterocycles. The van der Waals surface area contributed by atoms with Gasteiger partial charge in [0.05, 0.1) is 14.2 Å². The lowest BCUT2D eigenvalue weighted by atomic mass is 9.99. The van der Waals surface area contributed by atoms with Gasteiger partial charge in [-0.05, 0) is 25.0 Å². The number of carbonyl (C=O) groups excluding carboxylic acids is 2. The van der Waals surface area contributed by atoms with Gasteiger partial charge in [0.2, 0.25) is 0 Å². The van der Waals surface area contributed by atoms with Gasteiger partial charge in [-0.15, -0.1) is 0 Å². The molecule has 1 saturated heterocycles. The molecule has 3 N–H and O–H groups in total. The number of amides is 1. The van der Waals surface area contributed by atoms with Crippen molar-refractivity contribution < 1.29 is 28.9 Å². The molecular formula is C22H37N3O4+2. The van der Waals surface area contributed by atoms with E-state index in [1.54, 1.807) is 7.11 Å². The molecule has 0 aliphatic carbocycles. The van der Waals surface area contributed by atoms with Crippen LogP contribution in [0.4, 0.5) is 0 Å². The molecular weight excluding hydrogens is 370 g/mol. The lowest BCUT2D eigenvalue weighted by Crippen LogP contribution is -3.28. The highest BCUT2D eigenvalue weighted by molar-refractivity contribution is 5.85. The van der Waals surface area contributed by atoms with Crippen molar-refractivity contribution in [2.24, 2.45) is 5.92 Å². The standard InChI is InChI=1S/C22H35N3O4/c1-6-17(3)21(22(27)29-5)23-20(26)15-25-11-9-24(10-12-25)14-18-13-16(2)7-8-19(18)28-4/h7-8,13,17,21H,6,9-12,14-15H2,1-5H3,(H,23,26)/p+2/t17-,21-/m1/s1. The average molecular weight is 408 g/mol. The van der Waals surface area contributed by atoms with Gasteiger partial charge in [0.1, 0.15) is 44.5 Å². The predicted octanol–water partition coefficient (Wildman–Crippen LogP) is -1.01. The van der Waals surface area contributed by atoms with Crippen molar-refractivity contribution in [2.75, 3.05) is 46.9 Å². The van der Waals surface area contributed by atoms with Gasteiger partial charge in [-0.3, -0.25) is 4.79 Å². The number of piperazine rings is 1. The summed E-state index contributed by atoms with van der Waals surface area (Å²) in [5.74, 6) is 0.534. The normalized spacial score (nSPS) is 21.1. The second-order valence-corrected chi connectivity index (χ2v) is 8.12. The van der Waals surface area contributed by atoms with Crippen molar-refractivity contribution in [3.8, 4) is 5.75 Å². The second-order valence-electron chi connectivity index (χ2n) is 8.12. The van der Waals surface area contributed by atoms with Gasteiger partial charge in [-0.1, -0.05) is 31.9 Å². The van der Waals surface area contributed by atoms with Crippen LogP contribution < -0.4 is 19.9 Å². The summed E-state index contributed by atoms with van der Waals surface area (Å²) < 4.78 is 10.4. The van der Waals surface area contributed by atoms with Crippen LogP contribution in [-0.4, -0.2) is 64.9 Å². The molecule has 0 spiro atoms. The van der Waals surface area contributed by atoms with Gasteiger partial charge in [0.25, 0.3) is 5.91 Å². The highest BCUT2D eigenvalue weighted by Crippen LogP contribution is 2.18. The molecule has 1 aromatic rings. The van der Waals surface area contributed by atoms with Crippen LogP contribution in [0, 0.1) is 12.8 Å². The minimum absolute atomic E-state index is 0.0481. The fourth-order valence-electron chi connectivity index (χ4n) is 3.87. The van der Waals surface area contributed by atoms with E-state index in [1.165, 1.54) is 28.0 Å². The van der Waals surface area contributed by atoms with Crippen molar-refractivity contribution in [1.29, 1.82) is 0 Å². The predicted molar refractivity (Wildman–Crippen MR) is 111 cm³/mol. The minimum Gasteiger partial charge on any atom is -0.496 e. The molecule has 7 nitrogen and oxygen atoms in total. The first-order chi connectivity index (χ1) is 13.9. The minimum atomic E-state index is -0.572. The topological polar surface area (TPSA) is 73.5 Å². The molecule has 162 valence electrons. The van der Waals surface area contributed by atoms with Crippen LogP contribution in [0.1, 0.15) is 31.4 Å². The molecule has 1 heterocycles. The van der Waals surface area contributed by atoms with Crippen molar-refractivity contribution in [2.45, 2.75) is 39.8 Å². The van der Waals surface area contributed by atoms with E-state index in [1.807, 2.05) is 19.9 Å². The molecule has 1 amide bonds. The third-order valence-corrected chi connectivity index (χ3v) is 5.94. The average Bonchev–Trinajstić information content (AvgIpc) is 2.72. The van der Waals surface area contributed by atoms with Gasteiger partial charge in [-0.2, -0.15) is 0 Å². The highest BCUT2D eigenvalue weighted by atomic mass is 16.5. The smallest absolute Gasteiger partial charge is 0.328 e. The number of carbonyl (C=O) groups is 2. The van der Waals surface area contributed by atoms with Crippen LogP contribution in [0.25, 0.3) is 0 Å². The number of esters is 1. The second kappa shape index (κ2) is 11.2. The fraction of sp³-hybridized carbons (Fsp3) is 0.636. The SMILES string of the molecule is CC[C@@H](C)[C@@H](NC(=O)C[NH+]1CC[NH+](Cc2cc(C)ccc2OC)CC1)C(=O)OC. The molecule has 7 heteroatoms. The molecule has 0 radical (unpaired) electrons. The van der Waals surface area contributed by atoms with Crippen molar-refractivity contribution in [3.05, 3.63) is 29.3 Å². The number of aryl methyl sites for hydroxylation is 1. The van der Waals surface area contributed by atoms with Gasteiger partial charge in [-0.25, -0.2) is 4.79 Å². The number of ether oxygens (including phenoxy) is 2. The number of hydrogen-bond donors (Lipinski definition) is 3. The van der Waals surface area contributed by atoms with Crippen LogP contribution >= 0.6 is 0 Å². The van der Waals surface area contributed by atoms with Crippen LogP contribution in [-0.2, 0) is 20.9 Å². The molecule has 2 rings (SSSR count). The number of methoxy groups -OCH3 is 2. The first-order valence-corrected chi connectivity index (χ1v) is 10.6. The maximum atomic E-state index is 12.5. The summed E-state index contributed by atoms with van der Waals surface area (Å²) in [5, 5.41) is 2.88. The van der Waals surface area contributed by atoms with Gasteiger partial charge in [0.15, 0.2) is 6.54 Å². The van der Waals surface area contributed by atoms with E-state index in [4.69, 9.17) is 9.47 Å². The Labute approximate surface area is 174 Å². The lowest BCUT2D eigenvalue weighted by molar-refractivity contribution is -1.02. The number of benzene rings is 1. The zero-order valence-corrected chi connectivity index (χ0v) is 18.5. The molecule has 0 aromatic heterocycles. The van der Waals surface area contributed by atoms with Crippen molar-refractivity contribution in [1.82, 2.24) is 5.32 Å². The molecule has 2 atom stereocenters. The summed E-state index contributed by atoms with van der Waals surface area (Å²) in [6, 6.07) is 5.72. The monoisotopic (exact) mass is 407 g/mol. The van der Waals surface area contributed by atoms with Crippen molar-refractivity contribution in [3.63, 3.8) is 0 Å². The fourth-order valence-corrected chi connectivity index (χ4v) is 3.87.